The van der Waals surface area contributed by atoms with Crippen LogP contribution < -0.4 is 5.32 Å². The van der Waals surface area contributed by atoms with Gasteiger partial charge < -0.3 is 15.0 Å². The fourth-order valence-electron chi connectivity index (χ4n) is 2.58. The van der Waals surface area contributed by atoms with Crippen molar-refractivity contribution in [2.75, 3.05) is 18.5 Å². The number of benzene rings is 2. The molecular formula is C16H18N2O. The molecule has 19 heavy (non-hydrogen) atoms. The molecule has 2 N–H and O–H groups in total. The SMILES string of the molecule is Cn1c2ccccc2c2ccc(NCCCO)cc21. The molecule has 3 aromatic rings. The molecule has 3 heteroatoms. The highest BCUT2D eigenvalue weighted by Gasteiger charge is 2.07. The lowest BCUT2D eigenvalue weighted by molar-refractivity contribution is 0.292. The van der Waals surface area contributed by atoms with Crippen LogP contribution in [0, 0.1) is 0 Å². The summed E-state index contributed by atoms with van der Waals surface area (Å²) in [6.07, 6.45) is 0.771. The maximum atomic E-state index is 8.81. The van der Waals surface area contributed by atoms with Crippen LogP contribution in [-0.2, 0) is 7.05 Å². The number of aromatic nitrogens is 1. The zero-order chi connectivity index (χ0) is 13.2. The molecule has 0 saturated heterocycles. The monoisotopic (exact) mass is 254 g/mol. The van der Waals surface area contributed by atoms with Crippen LogP contribution in [0.25, 0.3) is 21.8 Å². The van der Waals surface area contributed by atoms with Crippen LogP contribution in [-0.4, -0.2) is 22.8 Å². The number of anilines is 1. The minimum absolute atomic E-state index is 0.225. The molecule has 0 fully saturated rings. The number of para-hydroxylation sites is 1. The Morgan fingerprint density at radius 3 is 2.68 bits per heavy atom. The van der Waals surface area contributed by atoms with Crippen LogP contribution >= 0.6 is 0 Å². The molecular weight excluding hydrogens is 236 g/mol. The van der Waals surface area contributed by atoms with Gasteiger partial charge in [0.05, 0.1) is 5.52 Å². The van der Waals surface area contributed by atoms with Crippen molar-refractivity contribution in [1.29, 1.82) is 0 Å². The van der Waals surface area contributed by atoms with Crippen LogP contribution in [0.4, 0.5) is 5.69 Å². The second-order valence-electron chi connectivity index (χ2n) is 4.81. The van der Waals surface area contributed by atoms with Gasteiger partial charge in [0, 0.05) is 42.2 Å². The van der Waals surface area contributed by atoms with E-state index in [9.17, 15) is 0 Å². The molecule has 2 aromatic carbocycles. The maximum Gasteiger partial charge on any atom is 0.0509 e. The third-order valence-electron chi connectivity index (χ3n) is 3.58. The van der Waals surface area contributed by atoms with Gasteiger partial charge in [0.15, 0.2) is 0 Å². The molecule has 0 unspecified atom stereocenters. The van der Waals surface area contributed by atoms with E-state index in [-0.39, 0.29) is 6.61 Å². The molecule has 0 aliphatic rings. The molecule has 0 bridgehead atoms. The van der Waals surface area contributed by atoms with Gasteiger partial charge in [0.25, 0.3) is 0 Å². The third-order valence-corrected chi connectivity index (χ3v) is 3.58. The van der Waals surface area contributed by atoms with Crippen molar-refractivity contribution in [3.05, 3.63) is 42.5 Å². The van der Waals surface area contributed by atoms with E-state index in [1.807, 2.05) is 0 Å². The van der Waals surface area contributed by atoms with Crippen LogP contribution in [0.2, 0.25) is 0 Å². The average Bonchev–Trinajstić information content (AvgIpc) is 2.73. The zero-order valence-electron chi connectivity index (χ0n) is 11.1. The number of hydrogen-bond donors (Lipinski definition) is 2. The number of aliphatic hydroxyl groups excluding tert-OH is 1. The second kappa shape index (κ2) is 4.94. The van der Waals surface area contributed by atoms with Crippen molar-refractivity contribution >= 4 is 27.5 Å². The van der Waals surface area contributed by atoms with Gasteiger partial charge in [-0.15, -0.1) is 0 Å². The second-order valence-corrected chi connectivity index (χ2v) is 4.81. The lowest BCUT2D eigenvalue weighted by Gasteiger charge is -2.06. The van der Waals surface area contributed by atoms with E-state index in [4.69, 9.17) is 5.11 Å². The first kappa shape index (κ1) is 12.1. The van der Waals surface area contributed by atoms with Gasteiger partial charge in [-0.2, -0.15) is 0 Å². The van der Waals surface area contributed by atoms with E-state index in [1.54, 1.807) is 0 Å². The molecule has 3 nitrogen and oxygen atoms in total. The van der Waals surface area contributed by atoms with Crippen LogP contribution in [0.1, 0.15) is 6.42 Å². The highest BCUT2D eigenvalue weighted by molar-refractivity contribution is 6.08. The normalized spacial score (nSPS) is 11.3. The van der Waals surface area contributed by atoms with Crippen LogP contribution in [0.3, 0.4) is 0 Å². The summed E-state index contributed by atoms with van der Waals surface area (Å²) in [6.45, 7) is 1.02. The summed E-state index contributed by atoms with van der Waals surface area (Å²) in [6, 6.07) is 14.9. The molecule has 0 radical (unpaired) electrons. The number of fused-ring (bicyclic) bond motifs is 3. The minimum Gasteiger partial charge on any atom is -0.396 e. The largest absolute Gasteiger partial charge is 0.396 e. The summed E-state index contributed by atoms with van der Waals surface area (Å²) in [5.41, 5.74) is 3.59. The van der Waals surface area contributed by atoms with Crippen molar-refractivity contribution in [3.63, 3.8) is 0 Å². The Kier molecular flexibility index (Phi) is 3.13. The van der Waals surface area contributed by atoms with Crippen LogP contribution in [0.5, 0.6) is 0 Å². The molecule has 0 spiro atoms. The standard InChI is InChI=1S/C16H18N2O/c1-18-15-6-3-2-5-13(15)14-8-7-12(11-16(14)18)17-9-4-10-19/h2-3,5-8,11,17,19H,4,9-10H2,1H3. The maximum absolute atomic E-state index is 8.81. The quantitative estimate of drug-likeness (QED) is 0.702. The number of aliphatic hydroxyl groups is 1. The molecule has 0 aliphatic carbocycles. The van der Waals surface area contributed by atoms with E-state index in [1.165, 1.54) is 21.8 Å². The van der Waals surface area contributed by atoms with Gasteiger partial charge >= 0.3 is 0 Å². The van der Waals surface area contributed by atoms with Crippen LogP contribution in [0.15, 0.2) is 42.5 Å². The van der Waals surface area contributed by atoms with Crippen molar-refractivity contribution < 1.29 is 5.11 Å². The summed E-state index contributed by atoms with van der Waals surface area (Å²) >= 11 is 0. The van der Waals surface area contributed by atoms with Gasteiger partial charge in [-0.25, -0.2) is 0 Å². The highest BCUT2D eigenvalue weighted by atomic mass is 16.3. The fourth-order valence-corrected chi connectivity index (χ4v) is 2.58. The van der Waals surface area contributed by atoms with E-state index in [2.05, 4.69) is 59.4 Å². The summed E-state index contributed by atoms with van der Waals surface area (Å²) in [5, 5.41) is 14.7. The molecule has 0 aliphatic heterocycles. The minimum atomic E-state index is 0.225. The number of hydrogen-bond acceptors (Lipinski definition) is 2. The van der Waals surface area contributed by atoms with Gasteiger partial charge in [-0.1, -0.05) is 24.3 Å². The predicted molar refractivity (Wildman–Crippen MR) is 80.6 cm³/mol. The topological polar surface area (TPSA) is 37.2 Å². The number of aryl methyl sites for hydroxylation is 1. The van der Waals surface area contributed by atoms with Gasteiger partial charge in [0.1, 0.15) is 0 Å². The highest BCUT2D eigenvalue weighted by Crippen LogP contribution is 2.29. The first-order valence-electron chi connectivity index (χ1n) is 6.63. The number of rotatable bonds is 4. The molecule has 3 rings (SSSR count). The molecule has 1 aromatic heterocycles. The number of nitrogens with zero attached hydrogens (tertiary/aromatic N) is 1. The van der Waals surface area contributed by atoms with E-state index in [0.29, 0.717) is 0 Å². The van der Waals surface area contributed by atoms with E-state index in [0.717, 1.165) is 18.7 Å². The van der Waals surface area contributed by atoms with Crippen molar-refractivity contribution in [2.45, 2.75) is 6.42 Å². The summed E-state index contributed by atoms with van der Waals surface area (Å²) < 4.78 is 2.22. The van der Waals surface area contributed by atoms with Gasteiger partial charge in [-0.3, -0.25) is 0 Å². The summed E-state index contributed by atoms with van der Waals surface area (Å²) in [5.74, 6) is 0. The Balaban J connectivity index is 2.07. The first-order valence-corrected chi connectivity index (χ1v) is 6.63. The third kappa shape index (κ3) is 2.06. The zero-order valence-corrected chi connectivity index (χ0v) is 11.1. The smallest absolute Gasteiger partial charge is 0.0509 e. The van der Waals surface area contributed by atoms with Gasteiger partial charge in [0.2, 0.25) is 0 Å². The molecule has 0 saturated carbocycles. The lowest BCUT2D eigenvalue weighted by atomic mass is 10.1. The summed E-state index contributed by atoms with van der Waals surface area (Å²) in [4.78, 5) is 0. The number of nitrogens with one attached hydrogen (secondary N) is 1. The molecule has 0 amide bonds. The Morgan fingerprint density at radius 2 is 1.84 bits per heavy atom. The van der Waals surface area contributed by atoms with E-state index >= 15 is 0 Å². The Morgan fingerprint density at radius 1 is 1.05 bits per heavy atom. The Hall–Kier alpha value is -2.00. The van der Waals surface area contributed by atoms with Crippen molar-refractivity contribution in [1.82, 2.24) is 4.57 Å². The average molecular weight is 254 g/mol. The molecule has 98 valence electrons. The lowest BCUT2D eigenvalue weighted by Crippen LogP contribution is -2.03. The van der Waals surface area contributed by atoms with Crippen molar-refractivity contribution in [2.24, 2.45) is 7.05 Å². The molecule has 1 heterocycles. The first-order chi connectivity index (χ1) is 9.31. The molecule has 0 atom stereocenters. The summed E-state index contributed by atoms with van der Waals surface area (Å²) in [7, 11) is 2.10. The van der Waals surface area contributed by atoms with E-state index < -0.39 is 0 Å². The Bertz CT molecular complexity index is 715. The van der Waals surface area contributed by atoms with Crippen molar-refractivity contribution in [3.8, 4) is 0 Å². The fraction of sp³-hybridized carbons (Fsp3) is 0.250. The van der Waals surface area contributed by atoms with Gasteiger partial charge in [-0.05, 0) is 24.6 Å². The Labute approximate surface area is 112 Å². The predicted octanol–water partition coefficient (Wildman–Crippen LogP) is 3.13.